The number of anilines is 1. The fourth-order valence-corrected chi connectivity index (χ4v) is 3.53. The maximum atomic E-state index is 13.6. The number of esters is 1. The topological polar surface area (TPSA) is 97.4 Å². The Bertz CT molecular complexity index is 1150. The summed E-state index contributed by atoms with van der Waals surface area (Å²) in [5, 5.41) is 7.45. The van der Waals surface area contributed by atoms with Crippen LogP contribution in [0.3, 0.4) is 0 Å². The standard InChI is InChI=1S/C23H21F2N3O4S/c1-14-2-5-16(6-3-14)27-20(29)11-21-28-17(13-33-21)12-32-22(30)8-9-26-23(31)18-7-4-15(24)10-19(18)25/h2-7,10,13H,8-9,11-12H2,1H3,(H,26,31)(H,27,29). The van der Waals surface area contributed by atoms with Crippen molar-refractivity contribution in [2.45, 2.75) is 26.4 Å². The molecule has 3 aromatic rings. The average molecular weight is 474 g/mol. The molecular weight excluding hydrogens is 452 g/mol. The molecule has 7 nitrogen and oxygen atoms in total. The normalized spacial score (nSPS) is 10.5. The van der Waals surface area contributed by atoms with Crippen molar-refractivity contribution in [3.8, 4) is 0 Å². The van der Waals surface area contributed by atoms with Crippen LogP contribution in [0.5, 0.6) is 0 Å². The van der Waals surface area contributed by atoms with Crippen molar-refractivity contribution < 1.29 is 27.9 Å². The number of carbonyl (C=O) groups is 3. The first-order chi connectivity index (χ1) is 15.8. The summed E-state index contributed by atoms with van der Waals surface area (Å²) in [6, 6.07) is 10.0. The Balaban J connectivity index is 1.37. The van der Waals surface area contributed by atoms with E-state index in [1.165, 1.54) is 11.3 Å². The first-order valence-electron chi connectivity index (χ1n) is 9.99. The third-order valence-electron chi connectivity index (χ3n) is 4.42. The van der Waals surface area contributed by atoms with Crippen LogP contribution in [0, 0.1) is 18.6 Å². The summed E-state index contributed by atoms with van der Waals surface area (Å²) in [5.74, 6) is -3.31. The molecule has 0 fully saturated rings. The summed E-state index contributed by atoms with van der Waals surface area (Å²) < 4.78 is 31.6. The van der Waals surface area contributed by atoms with Crippen LogP contribution in [0.2, 0.25) is 0 Å². The molecule has 1 aromatic heterocycles. The molecular formula is C23H21F2N3O4S. The summed E-state index contributed by atoms with van der Waals surface area (Å²) >= 11 is 1.28. The number of nitrogens with one attached hydrogen (secondary N) is 2. The Morgan fingerprint density at radius 1 is 1.09 bits per heavy atom. The van der Waals surface area contributed by atoms with E-state index in [4.69, 9.17) is 4.74 Å². The van der Waals surface area contributed by atoms with Gasteiger partial charge in [0.05, 0.1) is 24.1 Å². The highest BCUT2D eigenvalue weighted by atomic mass is 32.1. The minimum Gasteiger partial charge on any atom is -0.459 e. The smallest absolute Gasteiger partial charge is 0.307 e. The largest absolute Gasteiger partial charge is 0.459 e. The highest BCUT2D eigenvalue weighted by Gasteiger charge is 2.14. The monoisotopic (exact) mass is 473 g/mol. The Morgan fingerprint density at radius 3 is 2.58 bits per heavy atom. The van der Waals surface area contributed by atoms with Gasteiger partial charge in [-0.3, -0.25) is 14.4 Å². The third kappa shape index (κ3) is 7.46. The van der Waals surface area contributed by atoms with E-state index in [9.17, 15) is 23.2 Å². The molecule has 0 spiro atoms. The van der Waals surface area contributed by atoms with Gasteiger partial charge in [-0.1, -0.05) is 17.7 Å². The van der Waals surface area contributed by atoms with Crippen molar-refractivity contribution in [2.75, 3.05) is 11.9 Å². The molecule has 33 heavy (non-hydrogen) atoms. The number of halogens is 2. The molecule has 0 saturated heterocycles. The maximum Gasteiger partial charge on any atom is 0.307 e. The van der Waals surface area contributed by atoms with Crippen LogP contribution in [-0.4, -0.2) is 29.3 Å². The Kier molecular flexibility index (Phi) is 8.20. The van der Waals surface area contributed by atoms with Gasteiger partial charge in [-0.2, -0.15) is 0 Å². The number of hydrogen-bond donors (Lipinski definition) is 2. The van der Waals surface area contributed by atoms with Crippen molar-refractivity contribution in [2.24, 2.45) is 0 Å². The lowest BCUT2D eigenvalue weighted by atomic mass is 10.2. The summed E-state index contributed by atoms with van der Waals surface area (Å²) in [5.41, 5.74) is 1.98. The van der Waals surface area contributed by atoms with Crippen molar-refractivity contribution in [3.05, 3.63) is 81.3 Å². The molecule has 3 rings (SSSR count). The number of hydrogen-bond acceptors (Lipinski definition) is 6. The molecule has 2 N–H and O–H groups in total. The zero-order chi connectivity index (χ0) is 23.8. The number of benzene rings is 2. The van der Waals surface area contributed by atoms with Gasteiger partial charge >= 0.3 is 5.97 Å². The predicted molar refractivity (Wildman–Crippen MR) is 119 cm³/mol. The van der Waals surface area contributed by atoms with Crippen LogP contribution >= 0.6 is 11.3 Å². The number of amides is 2. The van der Waals surface area contributed by atoms with Gasteiger partial charge in [-0.05, 0) is 31.2 Å². The zero-order valence-corrected chi connectivity index (χ0v) is 18.5. The minimum atomic E-state index is -0.984. The van der Waals surface area contributed by atoms with Crippen LogP contribution in [-0.2, 0) is 27.4 Å². The lowest BCUT2D eigenvalue weighted by Gasteiger charge is -2.06. The minimum absolute atomic E-state index is 0.0734. The fourth-order valence-electron chi connectivity index (χ4n) is 2.75. The number of rotatable bonds is 9. The van der Waals surface area contributed by atoms with Crippen LogP contribution in [0.1, 0.15) is 33.0 Å². The van der Waals surface area contributed by atoms with Gasteiger partial charge < -0.3 is 15.4 Å². The highest BCUT2D eigenvalue weighted by Crippen LogP contribution is 2.14. The predicted octanol–water partition coefficient (Wildman–Crippen LogP) is 3.77. The third-order valence-corrected chi connectivity index (χ3v) is 5.32. The van der Waals surface area contributed by atoms with Gasteiger partial charge in [0.15, 0.2) is 0 Å². The Labute approximate surface area is 192 Å². The SMILES string of the molecule is Cc1ccc(NC(=O)Cc2nc(COC(=O)CCNC(=O)c3ccc(F)cc3F)cs2)cc1. The van der Waals surface area contributed by atoms with E-state index in [-0.39, 0.29) is 37.5 Å². The van der Waals surface area contributed by atoms with Crippen molar-refractivity contribution >= 4 is 34.8 Å². The lowest BCUT2D eigenvalue weighted by molar-refractivity contribution is -0.144. The van der Waals surface area contributed by atoms with E-state index in [2.05, 4.69) is 15.6 Å². The first kappa shape index (κ1) is 24.0. The molecule has 0 saturated carbocycles. The van der Waals surface area contributed by atoms with E-state index in [0.29, 0.717) is 22.5 Å². The molecule has 2 amide bonds. The zero-order valence-electron chi connectivity index (χ0n) is 17.7. The number of aromatic nitrogens is 1. The molecule has 0 aliphatic heterocycles. The summed E-state index contributed by atoms with van der Waals surface area (Å²) in [7, 11) is 0. The molecule has 0 radical (unpaired) electrons. The van der Waals surface area contributed by atoms with Gasteiger partial charge in [0.2, 0.25) is 5.91 Å². The quantitative estimate of drug-likeness (QED) is 0.461. The average Bonchev–Trinajstić information content (AvgIpc) is 3.21. The van der Waals surface area contributed by atoms with E-state index >= 15 is 0 Å². The molecule has 2 aromatic carbocycles. The van der Waals surface area contributed by atoms with Crippen molar-refractivity contribution in [3.63, 3.8) is 0 Å². The lowest BCUT2D eigenvalue weighted by Crippen LogP contribution is -2.27. The van der Waals surface area contributed by atoms with E-state index in [1.54, 1.807) is 5.38 Å². The molecule has 1 heterocycles. The van der Waals surface area contributed by atoms with Gasteiger partial charge in [0.25, 0.3) is 5.91 Å². The van der Waals surface area contributed by atoms with Crippen molar-refractivity contribution in [1.29, 1.82) is 0 Å². The summed E-state index contributed by atoms with van der Waals surface area (Å²) in [4.78, 5) is 40.2. The van der Waals surface area contributed by atoms with Crippen molar-refractivity contribution in [1.82, 2.24) is 10.3 Å². The number of nitrogens with zero attached hydrogens (tertiary/aromatic N) is 1. The van der Waals surface area contributed by atoms with E-state index in [0.717, 1.165) is 17.7 Å². The molecule has 172 valence electrons. The fraction of sp³-hybridized carbons (Fsp3) is 0.217. The van der Waals surface area contributed by atoms with Gasteiger partial charge in [-0.15, -0.1) is 11.3 Å². The van der Waals surface area contributed by atoms with Crippen LogP contribution in [0.4, 0.5) is 14.5 Å². The molecule has 0 bridgehead atoms. The van der Waals surface area contributed by atoms with E-state index < -0.39 is 23.5 Å². The Hall–Kier alpha value is -3.66. The first-order valence-corrected chi connectivity index (χ1v) is 10.9. The van der Waals surface area contributed by atoms with E-state index in [1.807, 2.05) is 31.2 Å². The summed E-state index contributed by atoms with van der Waals surface area (Å²) in [6.45, 7) is 1.81. The van der Waals surface area contributed by atoms with Crippen LogP contribution in [0.25, 0.3) is 0 Å². The van der Waals surface area contributed by atoms with Crippen LogP contribution in [0.15, 0.2) is 47.8 Å². The number of ether oxygens (including phenoxy) is 1. The summed E-state index contributed by atoms with van der Waals surface area (Å²) in [6.07, 6.45) is -0.0387. The number of thiazole rings is 1. The molecule has 0 aliphatic rings. The molecule has 0 unspecified atom stereocenters. The maximum absolute atomic E-state index is 13.6. The second-order valence-corrected chi connectivity index (χ2v) is 8.06. The van der Waals surface area contributed by atoms with Crippen LogP contribution < -0.4 is 10.6 Å². The van der Waals surface area contributed by atoms with Gasteiger partial charge in [0, 0.05) is 23.7 Å². The second kappa shape index (κ2) is 11.3. The van der Waals surface area contributed by atoms with Gasteiger partial charge in [0.1, 0.15) is 23.2 Å². The highest BCUT2D eigenvalue weighted by molar-refractivity contribution is 7.09. The Morgan fingerprint density at radius 2 is 1.85 bits per heavy atom. The molecule has 0 atom stereocenters. The van der Waals surface area contributed by atoms with Gasteiger partial charge in [-0.25, -0.2) is 13.8 Å². The second-order valence-electron chi connectivity index (χ2n) is 7.11. The molecule has 10 heteroatoms. The number of aryl methyl sites for hydroxylation is 1. The number of carbonyl (C=O) groups excluding carboxylic acids is 3. The molecule has 0 aliphatic carbocycles.